The average molecular weight is 274 g/mol. The molecule has 0 unspecified atom stereocenters. The number of carbonyl (C=O) groups excluding carboxylic acids is 1. The molecule has 1 saturated carbocycles. The summed E-state index contributed by atoms with van der Waals surface area (Å²) in [4.78, 5) is 14.3. The zero-order chi connectivity index (χ0) is 13.2. The highest BCUT2D eigenvalue weighted by Crippen LogP contribution is 2.39. The monoisotopic (exact) mass is 274 g/mol. The Hall–Kier alpha value is -0.620. The molecule has 0 aromatic carbocycles. The second kappa shape index (κ2) is 5.17. The number of nitrogens with two attached hydrogens (primary N) is 1. The Morgan fingerprint density at radius 3 is 2.39 bits per heavy atom. The molecule has 0 aromatic heterocycles. The number of amides is 1. The number of sulfone groups is 1. The molecule has 1 amide bonds. The van der Waals surface area contributed by atoms with Gasteiger partial charge in [0, 0.05) is 19.6 Å². The lowest BCUT2D eigenvalue weighted by Gasteiger charge is -2.32. The van der Waals surface area contributed by atoms with E-state index < -0.39 is 15.3 Å². The number of rotatable bonds is 2. The van der Waals surface area contributed by atoms with Gasteiger partial charge in [0.15, 0.2) is 9.84 Å². The highest BCUT2D eigenvalue weighted by Gasteiger charge is 2.42. The van der Waals surface area contributed by atoms with Crippen LogP contribution in [-0.4, -0.2) is 50.4 Å². The molecule has 2 fully saturated rings. The molecule has 0 atom stereocenters. The van der Waals surface area contributed by atoms with Crippen molar-refractivity contribution >= 4 is 15.7 Å². The van der Waals surface area contributed by atoms with E-state index in [0.717, 1.165) is 25.7 Å². The lowest BCUT2D eigenvalue weighted by atomic mass is 9.84. The van der Waals surface area contributed by atoms with Crippen LogP contribution in [0.1, 0.15) is 32.1 Å². The van der Waals surface area contributed by atoms with Crippen molar-refractivity contribution in [3.05, 3.63) is 0 Å². The van der Waals surface area contributed by atoms with Gasteiger partial charge in [-0.25, -0.2) is 8.42 Å². The zero-order valence-electron chi connectivity index (χ0n) is 10.7. The van der Waals surface area contributed by atoms with Gasteiger partial charge in [-0.2, -0.15) is 0 Å². The molecule has 6 heteroatoms. The Morgan fingerprint density at radius 2 is 1.78 bits per heavy atom. The average Bonchev–Trinajstić information content (AvgIpc) is 2.75. The molecule has 2 aliphatic rings. The van der Waals surface area contributed by atoms with Crippen molar-refractivity contribution in [2.45, 2.75) is 32.1 Å². The first-order chi connectivity index (χ1) is 8.49. The van der Waals surface area contributed by atoms with Crippen molar-refractivity contribution in [3.63, 3.8) is 0 Å². The van der Waals surface area contributed by atoms with Crippen molar-refractivity contribution in [1.29, 1.82) is 0 Å². The predicted octanol–water partition coefficient (Wildman–Crippen LogP) is 0.153. The molecule has 104 valence electrons. The first-order valence-electron chi connectivity index (χ1n) is 6.69. The van der Waals surface area contributed by atoms with Gasteiger partial charge in [0.25, 0.3) is 0 Å². The zero-order valence-corrected chi connectivity index (χ0v) is 11.5. The smallest absolute Gasteiger partial charge is 0.230 e. The van der Waals surface area contributed by atoms with Crippen LogP contribution in [0.2, 0.25) is 0 Å². The Morgan fingerprint density at radius 1 is 1.11 bits per heavy atom. The number of hydrogen-bond acceptors (Lipinski definition) is 4. The highest BCUT2D eigenvalue weighted by atomic mass is 32.2. The Bertz CT molecular complexity index is 413. The maximum atomic E-state index is 12.6. The first-order valence-corrected chi connectivity index (χ1v) is 8.51. The van der Waals surface area contributed by atoms with E-state index in [9.17, 15) is 13.2 Å². The molecule has 0 aromatic rings. The third kappa shape index (κ3) is 2.69. The molecule has 0 spiro atoms. The van der Waals surface area contributed by atoms with Crippen LogP contribution in [0.5, 0.6) is 0 Å². The van der Waals surface area contributed by atoms with E-state index in [1.54, 1.807) is 4.90 Å². The van der Waals surface area contributed by atoms with E-state index in [-0.39, 0.29) is 17.4 Å². The van der Waals surface area contributed by atoms with Gasteiger partial charge in [-0.15, -0.1) is 0 Å². The van der Waals surface area contributed by atoms with Crippen LogP contribution in [-0.2, 0) is 14.6 Å². The quantitative estimate of drug-likeness (QED) is 0.777. The maximum absolute atomic E-state index is 12.6. The summed E-state index contributed by atoms with van der Waals surface area (Å²) in [5.41, 5.74) is 5.39. The number of nitrogens with zero attached hydrogens (tertiary/aromatic N) is 1. The van der Waals surface area contributed by atoms with Crippen LogP contribution in [0, 0.1) is 5.41 Å². The minimum absolute atomic E-state index is 0.0830. The molecule has 0 bridgehead atoms. The van der Waals surface area contributed by atoms with Gasteiger partial charge in [-0.1, -0.05) is 12.8 Å². The Balaban J connectivity index is 2.09. The number of hydrogen-bond donors (Lipinski definition) is 1. The largest absolute Gasteiger partial charge is 0.341 e. The molecule has 1 saturated heterocycles. The summed E-state index contributed by atoms with van der Waals surface area (Å²) in [5, 5.41) is 0. The molecule has 1 heterocycles. The third-order valence-electron chi connectivity index (χ3n) is 4.25. The molecular formula is C12H22N2O3S. The minimum atomic E-state index is -2.96. The lowest BCUT2D eigenvalue weighted by Crippen LogP contribution is -2.47. The second-order valence-electron chi connectivity index (χ2n) is 5.49. The molecule has 18 heavy (non-hydrogen) atoms. The third-order valence-corrected chi connectivity index (χ3v) is 5.96. The molecule has 5 nitrogen and oxygen atoms in total. The molecule has 1 aliphatic heterocycles. The Kier molecular flexibility index (Phi) is 3.96. The standard InChI is InChI=1S/C12H22N2O3S/c13-10-12(4-1-2-5-12)11(15)14-6-3-8-18(16,17)9-7-14/h1-10,13H2. The molecule has 0 radical (unpaired) electrons. The molecule has 2 N–H and O–H groups in total. The van der Waals surface area contributed by atoms with Gasteiger partial charge in [-0.3, -0.25) is 4.79 Å². The van der Waals surface area contributed by atoms with Crippen LogP contribution < -0.4 is 5.73 Å². The fourth-order valence-corrected chi connectivity index (χ4v) is 4.31. The van der Waals surface area contributed by atoms with E-state index in [2.05, 4.69) is 0 Å². The van der Waals surface area contributed by atoms with Crippen LogP contribution in [0.3, 0.4) is 0 Å². The van der Waals surface area contributed by atoms with Crippen molar-refractivity contribution in [2.75, 3.05) is 31.1 Å². The topological polar surface area (TPSA) is 80.5 Å². The van der Waals surface area contributed by atoms with Crippen molar-refractivity contribution in [1.82, 2.24) is 4.90 Å². The van der Waals surface area contributed by atoms with Gasteiger partial charge in [0.1, 0.15) is 0 Å². The summed E-state index contributed by atoms with van der Waals surface area (Å²) in [7, 11) is -2.96. The van der Waals surface area contributed by atoms with Crippen LogP contribution in [0.25, 0.3) is 0 Å². The van der Waals surface area contributed by atoms with Gasteiger partial charge >= 0.3 is 0 Å². The van der Waals surface area contributed by atoms with Crippen molar-refractivity contribution < 1.29 is 13.2 Å². The van der Waals surface area contributed by atoms with Crippen LogP contribution in [0.15, 0.2) is 0 Å². The highest BCUT2D eigenvalue weighted by molar-refractivity contribution is 7.91. The summed E-state index contributed by atoms with van der Waals surface area (Å²) in [5.74, 6) is 0.380. The van der Waals surface area contributed by atoms with Crippen molar-refractivity contribution in [3.8, 4) is 0 Å². The van der Waals surface area contributed by atoms with E-state index >= 15 is 0 Å². The maximum Gasteiger partial charge on any atom is 0.230 e. The summed E-state index contributed by atoms with van der Waals surface area (Å²) in [6, 6.07) is 0. The normalized spacial score (nSPS) is 26.8. The van der Waals surface area contributed by atoms with Crippen molar-refractivity contribution in [2.24, 2.45) is 11.1 Å². The lowest BCUT2D eigenvalue weighted by molar-refractivity contribution is -0.141. The minimum Gasteiger partial charge on any atom is -0.341 e. The van der Waals surface area contributed by atoms with E-state index in [1.807, 2.05) is 0 Å². The number of carbonyl (C=O) groups is 1. The summed E-state index contributed by atoms with van der Waals surface area (Å²) in [6.45, 7) is 1.28. The van der Waals surface area contributed by atoms with Gasteiger partial charge in [0.2, 0.25) is 5.91 Å². The molecule has 2 rings (SSSR count). The van der Waals surface area contributed by atoms with Crippen LogP contribution in [0.4, 0.5) is 0 Å². The van der Waals surface area contributed by atoms with Crippen LogP contribution >= 0.6 is 0 Å². The predicted molar refractivity (Wildman–Crippen MR) is 69.8 cm³/mol. The van der Waals surface area contributed by atoms with Gasteiger partial charge in [-0.05, 0) is 19.3 Å². The molecule has 1 aliphatic carbocycles. The van der Waals surface area contributed by atoms with Gasteiger partial charge < -0.3 is 10.6 Å². The second-order valence-corrected chi connectivity index (χ2v) is 7.79. The SMILES string of the molecule is NCC1(C(=O)N2CCCS(=O)(=O)CC2)CCCC1. The van der Waals surface area contributed by atoms with Gasteiger partial charge in [0.05, 0.1) is 16.9 Å². The summed E-state index contributed by atoms with van der Waals surface area (Å²) < 4.78 is 23.1. The van der Waals surface area contributed by atoms with E-state index in [0.29, 0.717) is 26.1 Å². The fraction of sp³-hybridized carbons (Fsp3) is 0.917. The van der Waals surface area contributed by atoms with E-state index in [4.69, 9.17) is 5.73 Å². The Labute approximate surface area is 109 Å². The fourth-order valence-electron chi connectivity index (χ4n) is 3.03. The molecular weight excluding hydrogens is 252 g/mol. The summed E-state index contributed by atoms with van der Waals surface area (Å²) in [6.07, 6.45) is 4.36. The first kappa shape index (κ1) is 13.8. The van der Waals surface area contributed by atoms with E-state index in [1.165, 1.54) is 0 Å². The summed E-state index contributed by atoms with van der Waals surface area (Å²) >= 11 is 0.